The molecular formula is C17H11F5N4O2. The molecule has 6 nitrogen and oxygen atoms in total. The Balaban J connectivity index is 1.85. The third-order valence-electron chi connectivity index (χ3n) is 3.90. The fraction of sp³-hybridized carbons (Fsp3) is 0.118. The summed E-state index contributed by atoms with van der Waals surface area (Å²) in [6.45, 7) is 0. The lowest BCUT2D eigenvalue weighted by Gasteiger charge is -2.12. The molecule has 1 heterocycles. The number of carbonyl (C=O) groups excluding carboxylic acids is 1. The summed E-state index contributed by atoms with van der Waals surface area (Å²) in [5.74, 6) is -11.7. The van der Waals surface area contributed by atoms with Crippen LogP contribution in [-0.2, 0) is 18.3 Å². The maximum Gasteiger partial charge on any atom is 0.274 e. The van der Waals surface area contributed by atoms with Gasteiger partial charge in [0, 0.05) is 12.4 Å². The van der Waals surface area contributed by atoms with Crippen LogP contribution in [0.4, 0.5) is 27.6 Å². The molecule has 1 amide bonds. The average molecular weight is 398 g/mol. The van der Waals surface area contributed by atoms with Gasteiger partial charge >= 0.3 is 0 Å². The highest BCUT2D eigenvalue weighted by atomic mass is 19.2. The topological polar surface area (TPSA) is 76.0 Å². The van der Waals surface area contributed by atoms with Crippen LogP contribution in [0.25, 0.3) is 10.8 Å². The molecule has 0 saturated heterocycles. The van der Waals surface area contributed by atoms with Crippen LogP contribution in [0, 0.1) is 29.1 Å². The third kappa shape index (κ3) is 3.26. The fourth-order valence-corrected chi connectivity index (χ4v) is 2.55. The number of aryl methyl sites for hydroxylation is 1. The second kappa shape index (κ2) is 7.25. The molecular weight excluding hydrogens is 387 g/mol. The van der Waals surface area contributed by atoms with Crippen LogP contribution in [0.2, 0.25) is 0 Å². The summed E-state index contributed by atoms with van der Waals surface area (Å²) in [7, 11) is 1.38. The Kier molecular flexibility index (Phi) is 4.99. The van der Waals surface area contributed by atoms with E-state index in [0.717, 1.165) is 4.68 Å². The first-order valence-electron chi connectivity index (χ1n) is 7.73. The summed E-state index contributed by atoms with van der Waals surface area (Å²) >= 11 is 0. The minimum absolute atomic E-state index is 0.175. The number of nitrogens with zero attached hydrogens (tertiary/aromatic N) is 2. The van der Waals surface area contributed by atoms with Crippen molar-refractivity contribution >= 4 is 22.4 Å². The second-order valence-electron chi connectivity index (χ2n) is 5.72. The van der Waals surface area contributed by atoms with Gasteiger partial charge in [-0.1, -0.05) is 18.2 Å². The van der Waals surface area contributed by atoms with Gasteiger partial charge < -0.3 is 0 Å². The molecule has 2 N–H and O–H groups in total. The lowest BCUT2D eigenvalue weighted by molar-refractivity contribution is -0.120. The number of fused-ring (bicyclic) bond motifs is 1. The van der Waals surface area contributed by atoms with Crippen molar-refractivity contribution in [3.05, 3.63) is 69.4 Å². The highest BCUT2D eigenvalue weighted by Gasteiger charge is 2.26. The number of amides is 1. The number of hydrogen-bond donors (Lipinski definition) is 2. The maximum absolute atomic E-state index is 13.6. The largest absolute Gasteiger partial charge is 0.293 e. The van der Waals surface area contributed by atoms with Gasteiger partial charge in [0.2, 0.25) is 11.7 Å². The van der Waals surface area contributed by atoms with E-state index in [2.05, 4.69) is 5.10 Å². The van der Waals surface area contributed by atoms with Gasteiger partial charge in [-0.2, -0.15) is 5.10 Å². The molecule has 0 bridgehead atoms. The summed E-state index contributed by atoms with van der Waals surface area (Å²) < 4.78 is 67.6. The third-order valence-corrected chi connectivity index (χ3v) is 3.90. The van der Waals surface area contributed by atoms with Gasteiger partial charge in [-0.15, -0.1) is 0 Å². The number of halogens is 5. The number of hydrazine groups is 1. The molecule has 1 aromatic heterocycles. The molecule has 146 valence electrons. The van der Waals surface area contributed by atoms with E-state index in [1.54, 1.807) is 23.6 Å². The first-order chi connectivity index (χ1) is 13.2. The van der Waals surface area contributed by atoms with Gasteiger partial charge in [-0.3, -0.25) is 20.4 Å². The van der Waals surface area contributed by atoms with Crippen molar-refractivity contribution in [3.8, 4) is 0 Å². The molecule has 0 spiro atoms. The standard InChI is InChI=1S/C17H11F5N4O2/c1-26-17(28)8-5-3-2-4-7(8)9(25-26)6-10(27)23-24-16-14(21)12(19)11(18)13(20)15(16)22/h2-5,24H,6H2,1H3,(H,23,27). The Morgan fingerprint density at radius 3 is 2.11 bits per heavy atom. The van der Waals surface area contributed by atoms with Gasteiger partial charge in [0.15, 0.2) is 23.3 Å². The fourth-order valence-electron chi connectivity index (χ4n) is 2.55. The summed E-state index contributed by atoms with van der Waals surface area (Å²) in [5, 5.41) is 4.66. The highest BCUT2D eigenvalue weighted by molar-refractivity contribution is 5.88. The number of hydrogen-bond acceptors (Lipinski definition) is 4. The monoisotopic (exact) mass is 398 g/mol. The van der Waals surface area contributed by atoms with E-state index < -0.39 is 47.1 Å². The van der Waals surface area contributed by atoms with E-state index in [-0.39, 0.29) is 11.3 Å². The van der Waals surface area contributed by atoms with Crippen molar-refractivity contribution in [2.45, 2.75) is 6.42 Å². The number of nitrogens with one attached hydrogen (secondary N) is 2. The van der Waals surface area contributed by atoms with Crippen LogP contribution in [0.1, 0.15) is 5.69 Å². The van der Waals surface area contributed by atoms with Crippen LogP contribution in [0.5, 0.6) is 0 Å². The number of benzene rings is 2. The molecule has 0 aliphatic heterocycles. The van der Waals surface area contributed by atoms with Crippen molar-refractivity contribution in [3.63, 3.8) is 0 Å². The minimum Gasteiger partial charge on any atom is -0.293 e. The van der Waals surface area contributed by atoms with Gasteiger partial charge in [-0.25, -0.2) is 26.6 Å². The van der Waals surface area contributed by atoms with E-state index in [0.29, 0.717) is 10.8 Å². The van der Waals surface area contributed by atoms with Gasteiger partial charge in [0.05, 0.1) is 17.5 Å². The molecule has 0 fully saturated rings. The van der Waals surface area contributed by atoms with Crippen molar-refractivity contribution in [2.24, 2.45) is 7.05 Å². The first-order valence-corrected chi connectivity index (χ1v) is 7.73. The first kappa shape index (κ1) is 19.3. The van der Waals surface area contributed by atoms with E-state index in [1.165, 1.54) is 13.1 Å². The second-order valence-corrected chi connectivity index (χ2v) is 5.72. The molecule has 3 aromatic rings. The quantitative estimate of drug-likeness (QED) is 0.306. The van der Waals surface area contributed by atoms with Crippen molar-refractivity contribution in [2.75, 3.05) is 5.43 Å². The zero-order chi connectivity index (χ0) is 20.6. The van der Waals surface area contributed by atoms with Crippen LogP contribution in [0.15, 0.2) is 29.1 Å². The molecule has 2 aromatic carbocycles. The Morgan fingerprint density at radius 2 is 1.50 bits per heavy atom. The molecule has 0 atom stereocenters. The van der Waals surface area contributed by atoms with E-state index in [4.69, 9.17) is 0 Å². The van der Waals surface area contributed by atoms with Crippen LogP contribution in [-0.4, -0.2) is 15.7 Å². The Bertz CT molecular complexity index is 1130. The predicted molar refractivity (Wildman–Crippen MR) is 88.7 cm³/mol. The van der Waals surface area contributed by atoms with Crippen LogP contribution >= 0.6 is 0 Å². The van der Waals surface area contributed by atoms with Gasteiger partial charge in [-0.05, 0) is 6.07 Å². The molecule has 11 heteroatoms. The molecule has 0 aliphatic rings. The lowest BCUT2D eigenvalue weighted by atomic mass is 10.1. The van der Waals surface area contributed by atoms with Crippen molar-refractivity contribution < 1.29 is 26.7 Å². The maximum atomic E-state index is 13.6. The Hall–Kier alpha value is -3.50. The molecule has 0 unspecified atom stereocenters. The minimum atomic E-state index is -2.31. The summed E-state index contributed by atoms with van der Waals surface area (Å²) in [4.78, 5) is 24.1. The van der Waals surface area contributed by atoms with Crippen LogP contribution in [0.3, 0.4) is 0 Å². The zero-order valence-corrected chi connectivity index (χ0v) is 14.1. The molecule has 0 radical (unpaired) electrons. The molecule has 0 saturated carbocycles. The van der Waals surface area contributed by atoms with Crippen molar-refractivity contribution in [1.29, 1.82) is 0 Å². The normalized spacial score (nSPS) is 10.9. The molecule has 0 aliphatic carbocycles. The van der Waals surface area contributed by atoms with Crippen molar-refractivity contribution in [1.82, 2.24) is 15.2 Å². The summed E-state index contributed by atoms with van der Waals surface area (Å²) in [6.07, 6.45) is -0.434. The van der Waals surface area contributed by atoms with E-state index in [1.807, 2.05) is 5.43 Å². The summed E-state index contributed by atoms with van der Waals surface area (Å²) in [6, 6.07) is 6.34. The zero-order valence-electron chi connectivity index (χ0n) is 14.1. The summed E-state index contributed by atoms with van der Waals surface area (Å²) in [5.41, 5.74) is 1.93. The van der Waals surface area contributed by atoms with E-state index in [9.17, 15) is 31.5 Å². The molecule has 28 heavy (non-hydrogen) atoms. The van der Waals surface area contributed by atoms with E-state index >= 15 is 0 Å². The van der Waals surface area contributed by atoms with Crippen LogP contribution < -0.4 is 16.4 Å². The number of aromatic nitrogens is 2. The Labute approximate surface area is 153 Å². The average Bonchev–Trinajstić information content (AvgIpc) is 2.68. The Morgan fingerprint density at radius 1 is 0.964 bits per heavy atom. The highest BCUT2D eigenvalue weighted by Crippen LogP contribution is 2.26. The SMILES string of the molecule is Cn1nc(CC(=O)NNc2c(F)c(F)c(F)c(F)c2F)c2ccccc2c1=O. The smallest absolute Gasteiger partial charge is 0.274 e. The lowest BCUT2D eigenvalue weighted by Crippen LogP contribution is -2.33. The number of anilines is 1. The number of rotatable bonds is 4. The van der Waals surface area contributed by atoms with Gasteiger partial charge in [0.1, 0.15) is 5.69 Å². The predicted octanol–water partition coefficient (Wildman–Crippen LogP) is 2.31. The number of carbonyl (C=O) groups is 1. The molecule has 3 rings (SSSR count). The van der Waals surface area contributed by atoms with Gasteiger partial charge in [0.25, 0.3) is 5.56 Å².